The molecule has 2 aliphatic rings. The second-order valence-electron chi connectivity index (χ2n) is 8.49. The number of carbonyl (C=O) groups excluding carboxylic acids is 2. The number of imide groups is 1. The molecular formula is C26H23N3O6. The second kappa shape index (κ2) is 8.30. The number of amides is 2. The van der Waals surface area contributed by atoms with Gasteiger partial charge in [-0.2, -0.15) is 0 Å². The van der Waals surface area contributed by atoms with Gasteiger partial charge < -0.3 is 28.9 Å². The van der Waals surface area contributed by atoms with Gasteiger partial charge in [0.1, 0.15) is 0 Å². The van der Waals surface area contributed by atoms with Crippen molar-refractivity contribution in [3.8, 4) is 11.5 Å². The fourth-order valence-corrected chi connectivity index (χ4v) is 4.87. The third-order valence-electron chi connectivity index (χ3n) is 6.36. The van der Waals surface area contributed by atoms with Crippen molar-refractivity contribution < 1.29 is 28.9 Å². The van der Waals surface area contributed by atoms with Crippen LogP contribution in [0.3, 0.4) is 0 Å². The first-order valence-electron chi connectivity index (χ1n) is 11.4. The van der Waals surface area contributed by atoms with Crippen molar-refractivity contribution in [3.05, 3.63) is 59.9 Å². The molecule has 1 atom stereocenters. The monoisotopic (exact) mass is 473 g/mol. The van der Waals surface area contributed by atoms with Gasteiger partial charge in [0.2, 0.25) is 6.79 Å². The number of aliphatic hydroxyl groups is 1. The summed E-state index contributed by atoms with van der Waals surface area (Å²) in [5.41, 5.74) is 3.36. The predicted molar refractivity (Wildman–Crippen MR) is 129 cm³/mol. The van der Waals surface area contributed by atoms with E-state index in [1.165, 1.54) is 0 Å². The highest BCUT2D eigenvalue weighted by atomic mass is 16.7. The average Bonchev–Trinajstić information content (AvgIpc) is 3.61. The van der Waals surface area contributed by atoms with Crippen LogP contribution >= 0.6 is 0 Å². The van der Waals surface area contributed by atoms with Gasteiger partial charge in [-0.1, -0.05) is 18.2 Å². The van der Waals surface area contributed by atoms with Crippen LogP contribution in [0.2, 0.25) is 0 Å². The summed E-state index contributed by atoms with van der Waals surface area (Å²) in [6.07, 6.45) is 2.75. The summed E-state index contributed by atoms with van der Waals surface area (Å²) in [5, 5.41) is 14.6. The second-order valence-corrected chi connectivity index (χ2v) is 8.49. The molecular weight excluding hydrogens is 450 g/mol. The van der Waals surface area contributed by atoms with Gasteiger partial charge in [-0.05, 0) is 25.1 Å². The lowest BCUT2D eigenvalue weighted by molar-refractivity contribution is -0.122. The van der Waals surface area contributed by atoms with Crippen LogP contribution in [0.1, 0.15) is 18.1 Å². The predicted octanol–water partition coefficient (Wildman–Crippen LogP) is 2.82. The van der Waals surface area contributed by atoms with Crippen molar-refractivity contribution in [2.24, 2.45) is 0 Å². The van der Waals surface area contributed by atoms with E-state index in [0.717, 1.165) is 16.3 Å². The smallest absolute Gasteiger partial charge is 0.259 e. The molecule has 6 rings (SSSR count). The maximum absolute atomic E-state index is 13.1. The minimum Gasteiger partial charge on any atom is -0.454 e. The van der Waals surface area contributed by atoms with Gasteiger partial charge in [0.25, 0.3) is 11.8 Å². The molecule has 0 aliphatic carbocycles. The van der Waals surface area contributed by atoms with E-state index >= 15 is 0 Å². The zero-order valence-corrected chi connectivity index (χ0v) is 19.0. The molecule has 2 aromatic carbocycles. The fourth-order valence-electron chi connectivity index (χ4n) is 4.87. The van der Waals surface area contributed by atoms with Gasteiger partial charge in [-0.15, -0.1) is 0 Å². The van der Waals surface area contributed by atoms with E-state index in [0.29, 0.717) is 40.3 Å². The van der Waals surface area contributed by atoms with E-state index in [2.05, 4.69) is 10.3 Å². The van der Waals surface area contributed by atoms with Crippen LogP contribution in [0, 0.1) is 0 Å². The molecule has 9 nitrogen and oxygen atoms in total. The van der Waals surface area contributed by atoms with E-state index in [-0.39, 0.29) is 25.5 Å². The van der Waals surface area contributed by atoms with Crippen molar-refractivity contribution in [1.82, 2.24) is 14.9 Å². The van der Waals surface area contributed by atoms with Crippen molar-refractivity contribution in [1.29, 1.82) is 0 Å². The molecule has 3 N–H and O–H groups in total. The van der Waals surface area contributed by atoms with E-state index in [1.54, 1.807) is 18.5 Å². The summed E-state index contributed by atoms with van der Waals surface area (Å²) in [5.74, 6) is 0.200. The summed E-state index contributed by atoms with van der Waals surface area (Å²) >= 11 is 0. The number of benzene rings is 2. The molecule has 0 saturated carbocycles. The van der Waals surface area contributed by atoms with Crippen LogP contribution < -0.4 is 14.8 Å². The third-order valence-corrected chi connectivity index (χ3v) is 6.36. The van der Waals surface area contributed by atoms with E-state index in [9.17, 15) is 14.7 Å². The molecule has 9 heteroatoms. The normalized spacial score (nSPS) is 16.1. The first kappa shape index (κ1) is 21.5. The minimum atomic E-state index is -0.780. The van der Waals surface area contributed by atoms with Gasteiger partial charge in [0.15, 0.2) is 11.5 Å². The largest absolute Gasteiger partial charge is 0.454 e. The zero-order valence-electron chi connectivity index (χ0n) is 19.0. The topological polar surface area (TPSA) is 115 Å². The SMILES string of the molecule is CCOCC(O)Cn1cc(C2=C(c3c[nH]c4ccccc34)C(=O)NC2=O)c2ccc3c(c21)OCO3. The maximum atomic E-state index is 13.1. The van der Waals surface area contributed by atoms with Crippen LogP contribution in [0.15, 0.2) is 48.8 Å². The molecule has 0 saturated heterocycles. The van der Waals surface area contributed by atoms with Crippen molar-refractivity contribution >= 4 is 44.8 Å². The molecule has 2 aliphatic heterocycles. The number of H-pyrrole nitrogens is 1. The lowest BCUT2D eigenvalue weighted by Gasteiger charge is -2.13. The molecule has 4 aromatic rings. The molecule has 178 valence electrons. The Labute approximate surface area is 199 Å². The number of aliphatic hydroxyl groups excluding tert-OH is 1. The summed E-state index contributed by atoms with van der Waals surface area (Å²) < 4.78 is 18.5. The number of rotatable bonds is 7. The Bertz CT molecular complexity index is 1530. The number of hydrogen-bond donors (Lipinski definition) is 3. The molecule has 0 fully saturated rings. The third kappa shape index (κ3) is 3.39. The summed E-state index contributed by atoms with van der Waals surface area (Å²) in [7, 11) is 0. The lowest BCUT2D eigenvalue weighted by Crippen LogP contribution is -2.22. The first-order valence-corrected chi connectivity index (χ1v) is 11.4. The van der Waals surface area contributed by atoms with Gasteiger partial charge in [0, 0.05) is 46.4 Å². The summed E-state index contributed by atoms with van der Waals surface area (Å²) in [6, 6.07) is 11.3. The number of aromatic nitrogens is 2. The standard InChI is InChI=1S/C26H23N3O6/c1-2-33-12-14(30)10-29-11-18(16-7-8-20-24(23(16)29)35-13-34-20)22-21(25(31)28-26(22)32)17-9-27-19-6-4-3-5-15(17)19/h3-9,11,14,27,30H,2,10,12-13H2,1H3,(H,28,31,32). The molecule has 0 bridgehead atoms. The van der Waals surface area contributed by atoms with E-state index < -0.39 is 17.9 Å². The Morgan fingerprint density at radius 1 is 1.06 bits per heavy atom. The Balaban J connectivity index is 1.58. The van der Waals surface area contributed by atoms with Gasteiger partial charge in [-0.25, -0.2) is 0 Å². The number of nitrogens with zero attached hydrogens (tertiary/aromatic N) is 1. The van der Waals surface area contributed by atoms with E-state index in [1.807, 2.05) is 41.8 Å². The number of carbonyl (C=O) groups is 2. The Kier molecular flexibility index (Phi) is 5.09. The molecule has 4 heterocycles. The average molecular weight is 473 g/mol. The highest BCUT2D eigenvalue weighted by Crippen LogP contribution is 2.44. The quantitative estimate of drug-likeness (QED) is 0.356. The van der Waals surface area contributed by atoms with Crippen molar-refractivity contribution in [2.45, 2.75) is 19.6 Å². The molecule has 2 amide bonds. The summed E-state index contributed by atoms with van der Waals surface area (Å²) in [4.78, 5) is 29.3. The Morgan fingerprint density at radius 3 is 2.69 bits per heavy atom. The zero-order chi connectivity index (χ0) is 24.1. The van der Waals surface area contributed by atoms with Crippen LogP contribution in [-0.2, 0) is 20.9 Å². The fraction of sp³-hybridized carbons (Fsp3) is 0.231. The number of ether oxygens (including phenoxy) is 3. The maximum Gasteiger partial charge on any atom is 0.259 e. The molecule has 0 spiro atoms. The first-order chi connectivity index (χ1) is 17.1. The highest BCUT2D eigenvalue weighted by molar-refractivity contribution is 6.50. The molecule has 0 radical (unpaired) electrons. The Morgan fingerprint density at radius 2 is 1.86 bits per heavy atom. The van der Waals surface area contributed by atoms with Gasteiger partial charge in [0.05, 0.1) is 35.9 Å². The number of hydrogen-bond acceptors (Lipinski definition) is 6. The Hall–Kier alpha value is -4.08. The van der Waals surface area contributed by atoms with Gasteiger partial charge in [-0.3, -0.25) is 14.9 Å². The molecule has 2 aromatic heterocycles. The van der Waals surface area contributed by atoms with Crippen LogP contribution in [-0.4, -0.2) is 52.6 Å². The van der Waals surface area contributed by atoms with Crippen molar-refractivity contribution in [2.75, 3.05) is 20.0 Å². The number of para-hydroxylation sites is 1. The highest BCUT2D eigenvalue weighted by Gasteiger charge is 2.36. The number of aromatic amines is 1. The molecule has 35 heavy (non-hydrogen) atoms. The van der Waals surface area contributed by atoms with Crippen LogP contribution in [0.5, 0.6) is 11.5 Å². The number of nitrogens with one attached hydrogen (secondary N) is 2. The molecule has 1 unspecified atom stereocenters. The van der Waals surface area contributed by atoms with Crippen LogP contribution in [0.4, 0.5) is 0 Å². The number of fused-ring (bicyclic) bond motifs is 4. The summed E-state index contributed by atoms with van der Waals surface area (Å²) in [6.45, 7) is 2.81. The lowest BCUT2D eigenvalue weighted by atomic mass is 9.95. The van der Waals surface area contributed by atoms with Crippen LogP contribution in [0.25, 0.3) is 33.0 Å². The van der Waals surface area contributed by atoms with Gasteiger partial charge >= 0.3 is 0 Å². The van der Waals surface area contributed by atoms with Crippen molar-refractivity contribution in [3.63, 3.8) is 0 Å². The minimum absolute atomic E-state index is 0.0821. The van der Waals surface area contributed by atoms with E-state index in [4.69, 9.17) is 14.2 Å².